The van der Waals surface area contributed by atoms with Crippen LogP contribution in [0.2, 0.25) is 0 Å². The third-order valence-corrected chi connectivity index (χ3v) is 3.53. The highest BCUT2D eigenvalue weighted by Crippen LogP contribution is 2.19. The summed E-state index contributed by atoms with van der Waals surface area (Å²) in [5.74, 6) is -0.734. The van der Waals surface area contributed by atoms with Gasteiger partial charge in [-0.25, -0.2) is 8.78 Å². The van der Waals surface area contributed by atoms with Crippen molar-refractivity contribution in [2.24, 2.45) is 0 Å². The number of thioether (sulfide) groups is 1. The SMILES string of the molecule is CCOCCCCNCCSc1ccc(F)c(F)c1. The van der Waals surface area contributed by atoms with E-state index in [1.165, 1.54) is 23.9 Å². The zero-order valence-corrected chi connectivity index (χ0v) is 12.1. The summed E-state index contributed by atoms with van der Waals surface area (Å²) in [5.41, 5.74) is 0. The van der Waals surface area contributed by atoms with Gasteiger partial charge in [0.25, 0.3) is 0 Å². The van der Waals surface area contributed by atoms with Gasteiger partial charge in [0.1, 0.15) is 0 Å². The summed E-state index contributed by atoms with van der Waals surface area (Å²) < 4.78 is 30.9. The van der Waals surface area contributed by atoms with E-state index < -0.39 is 11.6 Å². The molecule has 0 bridgehead atoms. The molecule has 0 heterocycles. The summed E-state index contributed by atoms with van der Waals surface area (Å²) in [4.78, 5) is 0.761. The molecule has 1 rings (SSSR count). The fraction of sp³-hybridized carbons (Fsp3) is 0.571. The van der Waals surface area contributed by atoms with E-state index in [0.29, 0.717) is 0 Å². The topological polar surface area (TPSA) is 21.3 Å². The molecule has 2 nitrogen and oxygen atoms in total. The first-order chi connectivity index (χ1) is 9.24. The highest BCUT2D eigenvalue weighted by atomic mass is 32.2. The molecule has 0 aliphatic carbocycles. The molecule has 0 unspecified atom stereocenters. The molecule has 0 amide bonds. The molecule has 1 aromatic rings. The van der Waals surface area contributed by atoms with Crippen LogP contribution in [0, 0.1) is 11.6 Å². The Labute approximate surface area is 117 Å². The second-order valence-corrected chi connectivity index (χ2v) is 5.25. The fourth-order valence-electron chi connectivity index (χ4n) is 1.53. The molecule has 0 aliphatic heterocycles. The molecular formula is C14H21F2NOS. The molecular weight excluding hydrogens is 268 g/mol. The average molecular weight is 289 g/mol. The van der Waals surface area contributed by atoms with E-state index >= 15 is 0 Å². The van der Waals surface area contributed by atoms with Gasteiger partial charge in [-0.1, -0.05) is 0 Å². The van der Waals surface area contributed by atoms with Crippen molar-refractivity contribution in [3.05, 3.63) is 29.8 Å². The fourth-order valence-corrected chi connectivity index (χ4v) is 2.36. The summed E-state index contributed by atoms with van der Waals surface area (Å²) in [6.07, 6.45) is 2.16. The lowest BCUT2D eigenvalue weighted by Gasteiger charge is -2.05. The van der Waals surface area contributed by atoms with Gasteiger partial charge >= 0.3 is 0 Å². The van der Waals surface area contributed by atoms with E-state index in [4.69, 9.17) is 4.74 Å². The predicted octanol–water partition coefficient (Wildman–Crippen LogP) is 3.46. The molecule has 19 heavy (non-hydrogen) atoms. The van der Waals surface area contributed by atoms with E-state index in [1.807, 2.05) is 6.92 Å². The predicted molar refractivity (Wildman–Crippen MR) is 75.7 cm³/mol. The Morgan fingerprint density at radius 2 is 2.00 bits per heavy atom. The smallest absolute Gasteiger partial charge is 0.159 e. The molecule has 0 fully saturated rings. The van der Waals surface area contributed by atoms with Gasteiger partial charge in [-0.3, -0.25) is 0 Å². The van der Waals surface area contributed by atoms with Crippen molar-refractivity contribution in [2.75, 3.05) is 32.1 Å². The van der Waals surface area contributed by atoms with E-state index in [2.05, 4.69) is 5.32 Å². The quantitative estimate of drug-likeness (QED) is 0.526. The van der Waals surface area contributed by atoms with Gasteiger partial charge in [-0.05, 0) is 44.5 Å². The minimum absolute atomic E-state index is 0.761. The van der Waals surface area contributed by atoms with Gasteiger partial charge < -0.3 is 10.1 Å². The van der Waals surface area contributed by atoms with E-state index in [1.54, 1.807) is 6.07 Å². The number of rotatable bonds is 10. The van der Waals surface area contributed by atoms with Crippen LogP contribution in [-0.4, -0.2) is 32.1 Å². The van der Waals surface area contributed by atoms with Gasteiger partial charge in [0, 0.05) is 30.4 Å². The van der Waals surface area contributed by atoms with Crippen LogP contribution in [-0.2, 0) is 4.74 Å². The number of unbranched alkanes of at least 4 members (excludes halogenated alkanes) is 1. The molecule has 108 valence electrons. The number of nitrogens with one attached hydrogen (secondary N) is 1. The summed E-state index contributed by atoms with van der Waals surface area (Å²) in [7, 11) is 0. The molecule has 0 spiro atoms. The summed E-state index contributed by atoms with van der Waals surface area (Å²) >= 11 is 1.52. The van der Waals surface area contributed by atoms with Crippen molar-refractivity contribution < 1.29 is 13.5 Å². The Morgan fingerprint density at radius 1 is 1.16 bits per heavy atom. The van der Waals surface area contributed by atoms with E-state index in [0.717, 1.165) is 49.8 Å². The van der Waals surface area contributed by atoms with Crippen LogP contribution in [0.25, 0.3) is 0 Å². The van der Waals surface area contributed by atoms with Gasteiger partial charge in [0.2, 0.25) is 0 Å². The van der Waals surface area contributed by atoms with E-state index in [9.17, 15) is 8.78 Å². The maximum absolute atomic E-state index is 12.9. The van der Waals surface area contributed by atoms with Crippen molar-refractivity contribution in [1.29, 1.82) is 0 Å². The highest BCUT2D eigenvalue weighted by molar-refractivity contribution is 7.99. The van der Waals surface area contributed by atoms with Gasteiger partial charge in [0.05, 0.1) is 0 Å². The van der Waals surface area contributed by atoms with Crippen LogP contribution in [0.15, 0.2) is 23.1 Å². The lowest BCUT2D eigenvalue weighted by atomic mass is 10.3. The molecule has 0 aromatic heterocycles. The number of ether oxygens (including phenoxy) is 1. The maximum atomic E-state index is 12.9. The van der Waals surface area contributed by atoms with E-state index in [-0.39, 0.29) is 0 Å². The van der Waals surface area contributed by atoms with Crippen LogP contribution < -0.4 is 5.32 Å². The van der Waals surface area contributed by atoms with Crippen molar-refractivity contribution in [2.45, 2.75) is 24.7 Å². The standard InChI is InChI=1S/C14H21F2NOS/c1-2-18-9-4-3-7-17-8-10-19-12-5-6-13(15)14(16)11-12/h5-6,11,17H,2-4,7-10H2,1H3. The van der Waals surface area contributed by atoms with Crippen LogP contribution in [0.5, 0.6) is 0 Å². The summed E-state index contributed by atoms with van der Waals surface area (Å²) in [6, 6.07) is 4.01. The number of hydrogen-bond donors (Lipinski definition) is 1. The first-order valence-electron chi connectivity index (χ1n) is 6.60. The Morgan fingerprint density at radius 3 is 2.74 bits per heavy atom. The van der Waals surface area contributed by atoms with Crippen molar-refractivity contribution in [1.82, 2.24) is 5.32 Å². The maximum Gasteiger partial charge on any atom is 0.159 e. The minimum Gasteiger partial charge on any atom is -0.382 e. The zero-order valence-electron chi connectivity index (χ0n) is 11.3. The van der Waals surface area contributed by atoms with Crippen LogP contribution >= 0.6 is 11.8 Å². The molecule has 0 saturated carbocycles. The normalized spacial score (nSPS) is 10.9. The summed E-state index contributed by atoms with van der Waals surface area (Å²) in [6.45, 7) is 5.41. The van der Waals surface area contributed by atoms with Gasteiger partial charge in [0.15, 0.2) is 11.6 Å². The second kappa shape index (κ2) is 10.2. The van der Waals surface area contributed by atoms with Crippen LogP contribution in [0.3, 0.4) is 0 Å². The monoisotopic (exact) mass is 289 g/mol. The average Bonchev–Trinajstić information content (AvgIpc) is 2.41. The largest absolute Gasteiger partial charge is 0.382 e. The van der Waals surface area contributed by atoms with Crippen LogP contribution in [0.1, 0.15) is 19.8 Å². The first kappa shape index (κ1) is 16.4. The lowest BCUT2D eigenvalue weighted by molar-refractivity contribution is 0.143. The highest BCUT2D eigenvalue weighted by Gasteiger charge is 2.02. The number of halogens is 2. The van der Waals surface area contributed by atoms with Crippen molar-refractivity contribution in [3.63, 3.8) is 0 Å². The van der Waals surface area contributed by atoms with Crippen molar-refractivity contribution in [3.8, 4) is 0 Å². The van der Waals surface area contributed by atoms with Crippen molar-refractivity contribution >= 4 is 11.8 Å². The molecule has 5 heteroatoms. The Kier molecular flexibility index (Phi) is 8.79. The zero-order chi connectivity index (χ0) is 13.9. The van der Waals surface area contributed by atoms with Gasteiger partial charge in [-0.15, -0.1) is 11.8 Å². The van der Waals surface area contributed by atoms with Crippen LogP contribution in [0.4, 0.5) is 8.78 Å². The second-order valence-electron chi connectivity index (χ2n) is 4.08. The minimum atomic E-state index is -0.795. The molecule has 1 N–H and O–H groups in total. The van der Waals surface area contributed by atoms with Gasteiger partial charge in [-0.2, -0.15) is 0 Å². The Hall–Kier alpha value is -0.650. The summed E-state index contributed by atoms with van der Waals surface area (Å²) in [5, 5.41) is 3.31. The Bertz CT molecular complexity index is 363. The molecule has 0 saturated heterocycles. The lowest BCUT2D eigenvalue weighted by Crippen LogP contribution is -2.18. The molecule has 0 atom stereocenters. The molecule has 0 aliphatic rings. The molecule has 1 aromatic carbocycles. The number of benzene rings is 1. The Balaban J connectivity index is 2.00. The third-order valence-electron chi connectivity index (χ3n) is 2.53. The molecule has 0 radical (unpaired) electrons. The third kappa shape index (κ3) is 7.50. The first-order valence-corrected chi connectivity index (χ1v) is 7.59. The number of hydrogen-bond acceptors (Lipinski definition) is 3.